The summed E-state index contributed by atoms with van der Waals surface area (Å²) in [6.07, 6.45) is 3.37. The summed E-state index contributed by atoms with van der Waals surface area (Å²) >= 11 is 0. The van der Waals surface area contributed by atoms with Crippen molar-refractivity contribution in [3.63, 3.8) is 0 Å². The second-order valence-electron chi connectivity index (χ2n) is 7.80. The van der Waals surface area contributed by atoms with Gasteiger partial charge in [-0.1, -0.05) is 18.6 Å². The predicted molar refractivity (Wildman–Crippen MR) is 97.9 cm³/mol. The van der Waals surface area contributed by atoms with E-state index in [2.05, 4.69) is 18.9 Å². The Hall–Kier alpha value is -1.59. The Labute approximate surface area is 150 Å². The molecule has 25 heavy (non-hydrogen) atoms. The molecule has 2 fully saturated rings. The number of piperidine rings is 1. The molecule has 0 bridgehead atoms. The first-order valence-electron chi connectivity index (χ1n) is 9.31. The summed E-state index contributed by atoms with van der Waals surface area (Å²) in [4.78, 5) is 16.9. The zero-order chi connectivity index (χ0) is 18.0. The van der Waals surface area contributed by atoms with Crippen molar-refractivity contribution in [2.75, 3.05) is 39.8 Å². The largest absolute Gasteiger partial charge is 0.507 e. The van der Waals surface area contributed by atoms with Gasteiger partial charge in [0.05, 0.1) is 18.3 Å². The lowest BCUT2D eigenvalue weighted by molar-refractivity contribution is 0.0462. The minimum Gasteiger partial charge on any atom is -0.507 e. The maximum atomic E-state index is 12.8. The normalized spacial score (nSPS) is 22.7. The summed E-state index contributed by atoms with van der Waals surface area (Å²) in [6, 6.07) is 5.20. The summed E-state index contributed by atoms with van der Waals surface area (Å²) in [6.45, 7) is 8.41. The molecule has 0 aliphatic carbocycles. The van der Waals surface area contributed by atoms with E-state index in [4.69, 9.17) is 4.74 Å². The van der Waals surface area contributed by atoms with Crippen LogP contribution in [0, 0.1) is 12.3 Å². The highest BCUT2D eigenvalue weighted by Gasteiger charge is 2.43. The Bertz CT molecular complexity index is 623. The van der Waals surface area contributed by atoms with Gasteiger partial charge in [0.25, 0.3) is 5.91 Å². The van der Waals surface area contributed by atoms with Crippen molar-refractivity contribution < 1.29 is 14.6 Å². The van der Waals surface area contributed by atoms with Crippen LogP contribution in [0.1, 0.15) is 42.1 Å². The van der Waals surface area contributed by atoms with Gasteiger partial charge in [-0.2, -0.15) is 0 Å². The van der Waals surface area contributed by atoms with E-state index in [1.54, 1.807) is 12.1 Å². The van der Waals surface area contributed by atoms with E-state index in [9.17, 15) is 9.90 Å². The molecule has 1 atom stereocenters. The average Bonchev–Trinajstić information content (AvgIpc) is 2.99. The number of benzene rings is 1. The van der Waals surface area contributed by atoms with E-state index in [0.717, 1.165) is 57.6 Å². The van der Waals surface area contributed by atoms with Crippen LogP contribution in [0.2, 0.25) is 0 Å². The molecule has 5 heteroatoms. The molecule has 0 aromatic heterocycles. The van der Waals surface area contributed by atoms with Crippen molar-refractivity contribution in [1.29, 1.82) is 0 Å². The predicted octanol–water partition coefficient (Wildman–Crippen LogP) is 2.66. The van der Waals surface area contributed by atoms with Crippen LogP contribution in [0.25, 0.3) is 0 Å². The van der Waals surface area contributed by atoms with Crippen LogP contribution in [-0.4, -0.2) is 66.8 Å². The number of carbonyl (C=O) groups is 1. The molecule has 0 unspecified atom stereocenters. The lowest BCUT2D eigenvalue weighted by Crippen LogP contribution is -2.43. The van der Waals surface area contributed by atoms with E-state index in [1.807, 2.05) is 17.9 Å². The minimum atomic E-state index is -0.0581. The van der Waals surface area contributed by atoms with Gasteiger partial charge in [0.2, 0.25) is 0 Å². The zero-order valence-electron chi connectivity index (χ0n) is 15.6. The van der Waals surface area contributed by atoms with E-state index in [1.165, 1.54) is 0 Å². The first-order valence-corrected chi connectivity index (χ1v) is 9.31. The molecule has 3 rings (SSSR count). The van der Waals surface area contributed by atoms with Crippen LogP contribution in [0.3, 0.4) is 0 Å². The van der Waals surface area contributed by atoms with E-state index < -0.39 is 0 Å². The Morgan fingerprint density at radius 1 is 1.40 bits per heavy atom. The van der Waals surface area contributed by atoms with Gasteiger partial charge in [0.15, 0.2) is 0 Å². The number of aryl methyl sites for hydroxylation is 1. The molecular formula is C20H30N2O3. The van der Waals surface area contributed by atoms with Crippen molar-refractivity contribution in [1.82, 2.24) is 9.80 Å². The third kappa shape index (κ3) is 3.98. The highest BCUT2D eigenvalue weighted by Crippen LogP contribution is 2.42. The van der Waals surface area contributed by atoms with Crippen molar-refractivity contribution in [2.45, 2.75) is 39.2 Å². The molecule has 2 saturated heterocycles. The first kappa shape index (κ1) is 18.2. The summed E-state index contributed by atoms with van der Waals surface area (Å²) in [5.74, 6) is 0.0139. The van der Waals surface area contributed by atoms with Crippen molar-refractivity contribution in [2.24, 2.45) is 5.41 Å². The molecule has 1 N–H and O–H groups in total. The maximum Gasteiger partial charge on any atom is 0.257 e. The lowest BCUT2D eigenvalue weighted by atomic mass is 9.76. The van der Waals surface area contributed by atoms with Gasteiger partial charge in [0.1, 0.15) is 5.75 Å². The average molecular weight is 346 g/mol. The monoisotopic (exact) mass is 346 g/mol. The van der Waals surface area contributed by atoms with Gasteiger partial charge >= 0.3 is 0 Å². The standard InChI is InChI=1S/C20H30N2O3/c1-4-21(3)13-16-12-20(14-25-16)7-9-22(10-8-20)19(24)17-11-15(2)5-6-18(17)23/h5-6,11,16,23H,4,7-10,12-14H2,1-3H3/t16-/m1/s1. The number of rotatable bonds is 4. The molecule has 1 aromatic rings. The number of likely N-dealkylation sites (tertiary alicyclic amines) is 1. The maximum absolute atomic E-state index is 12.8. The molecule has 2 aliphatic rings. The van der Waals surface area contributed by atoms with Crippen molar-refractivity contribution >= 4 is 5.91 Å². The van der Waals surface area contributed by atoms with Crippen LogP contribution >= 0.6 is 0 Å². The molecule has 1 amide bonds. The highest BCUT2D eigenvalue weighted by molar-refractivity contribution is 5.97. The number of carbonyl (C=O) groups excluding carboxylic acids is 1. The summed E-state index contributed by atoms with van der Waals surface area (Å²) in [7, 11) is 2.13. The topological polar surface area (TPSA) is 53.0 Å². The minimum absolute atomic E-state index is 0.0581. The second kappa shape index (κ2) is 7.34. The number of likely N-dealkylation sites (N-methyl/N-ethyl adjacent to an activating group) is 1. The third-order valence-corrected chi connectivity index (χ3v) is 5.83. The number of ether oxygens (including phenoxy) is 1. The fourth-order valence-corrected chi connectivity index (χ4v) is 4.01. The molecule has 1 spiro atoms. The molecule has 1 aromatic carbocycles. The molecule has 2 heterocycles. The van der Waals surface area contributed by atoms with Crippen LogP contribution in [0.5, 0.6) is 5.75 Å². The van der Waals surface area contributed by atoms with Gasteiger partial charge in [-0.05, 0) is 57.3 Å². The molecular weight excluding hydrogens is 316 g/mol. The molecule has 2 aliphatic heterocycles. The van der Waals surface area contributed by atoms with Gasteiger partial charge < -0.3 is 19.6 Å². The molecule has 0 radical (unpaired) electrons. The number of phenolic OH excluding ortho intramolecular Hbond substituents is 1. The SMILES string of the molecule is CCN(C)C[C@H]1CC2(CCN(C(=O)c3cc(C)ccc3O)CC2)CO1. The van der Waals surface area contributed by atoms with Crippen LogP contribution in [0.4, 0.5) is 0 Å². The third-order valence-electron chi connectivity index (χ3n) is 5.83. The summed E-state index contributed by atoms with van der Waals surface area (Å²) < 4.78 is 6.05. The number of phenols is 1. The van der Waals surface area contributed by atoms with Crippen LogP contribution < -0.4 is 0 Å². The fourth-order valence-electron chi connectivity index (χ4n) is 4.01. The fraction of sp³-hybridized carbons (Fsp3) is 0.650. The van der Waals surface area contributed by atoms with Gasteiger partial charge in [-0.25, -0.2) is 0 Å². The molecule has 0 saturated carbocycles. The van der Waals surface area contributed by atoms with Gasteiger partial charge in [0, 0.05) is 19.6 Å². The number of amides is 1. The first-order chi connectivity index (χ1) is 11.9. The number of hydrogen-bond donors (Lipinski definition) is 1. The van der Waals surface area contributed by atoms with Crippen LogP contribution in [-0.2, 0) is 4.74 Å². The highest BCUT2D eigenvalue weighted by atomic mass is 16.5. The Kier molecular flexibility index (Phi) is 5.35. The Balaban J connectivity index is 1.59. The van der Waals surface area contributed by atoms with Crippen molar-refractivity contribution in [3.05, 3.63) is 29.3 Å². The van der Waals surface area contributed by atoms with Crippen molar-refractivity contribution in [3.8, 4) is 5.75 Å². The van der Waals surface area contributed by atoms with E-state index >= 15 is 0 Å². The zero-order valence-corrected chi connectivity index (χ0v) is 15.6. The van der Waals surface area contributed by atoms with Gasteiger partial charge in [-0.3, -0.25) is 4.79 Å². The number of hydrogen-bond acceptors (Lipinski definition) is 4. The number of aromatic hydroxyl groups is 1. The molecule has 138 valence electrons. The quantitative estimate of drug-likeness (QED) is 0.911. The second-order valence-corrected chi connectivity index (χ2v) is 7.80. The van der Waals surface area contributed by atoms with E-state index in [0.29, 0.717) is 11.7 Å². The van der Waals surface area contributed by atoms with Gasteiger partial charge in [-0.15, -0.1) is 0 Å². The van der Waals surface area contributed by atoms with E-state index in [-0.39, 0.29) is 17.1 Å². The lowest BCUT2D eigenvalue weighted by Gasteiger charge is -2.38. The Morgan fingerprint density at radius 2 is 2.12 bits per heavy atom. The smallest absolute Gasteiger partial charge is 0.257 e. The number of nitrogens with zero attached hydrogens (tertiary/aromatic N) is 2. The summed E-state index contributed by atoms with van der Waals surface area (Å²) in [5.41, 5.74) is 1.63. The Morgan fingerprint density at radius 3 is 2.80 bits per heavy atom. The van der Waals surface area contributed by atoms with Crippen LogP contribution in [0.15, 0.2) is 18.2 Å². The molecule has 5 nitrogen and oxygen atoms in total. The summed E-state index contributed by atoms with van der Waals surface area (Å²) in [5, 5.41) is 10.0.